The molecule has 1 aliphatic rings. The van der Waals surface area contributed by atoms with Crippen LogP contribution in [0.15, 0.2) is 42.6 Å². The summed E-state index contributed by atoms with van der Waals surface area (Å²) in [7, 11) is 0. The lowest BCUT2D eigenvalue weighted by atomic mass is 10.1. The quantitative estimate of drug-likeness (QED) is 0.874. The van der Waals surface area contributed by atoms with Crippen LogP contribution in [0.25, 0.3) is 11.3 Å². The summed E-state index contributed by atoms with van der Waals surface area (Å²) in [4.78, 5) is 16.1. The molecule has 1 unspecified atom stereocenters. The van der Waals surface area contributed by atoms with Gasteiger partial charge in [-0.2, -0.15) is 13.2 Å². The highest BCUT2D eigenvalue weighted by molar-refractivity contribution is 5.94. The first kappa shape index (κ1) is 18.3. The number of carbonyl (C=O) groups excluding carboxylic acids is 1. The fraction of sp³-hybridized carbons (Fsp3) is 0.333. The highest BCUT2D eigenvalue weighted by atomic mass is 19.4. The predicted octanol–water partition coefficient (Wildman–Crippen LogP) is 2.49. The largest absolute Gasteiger partial charge is 0.416 e. The first-order valence-electron chi connectivity index (χ1n) is 8.18. The zero-order valence-electron chi connectivity index (χ0n) is 13.8. The zero-order chi connectivity index (χ0) is 18.6. The molecule has 1 amide bonds. The smallest absolute Gasteiger partial charge is 0.374 e. The number of amides is 1. The van der Waals surface area contributed by atoms with Gasteiger partial charge in [0.05, 0.1) is 24.0 Å². The number of hydrogen-bond donors (Lipinski definition) is 2. The SMILES string of the molecule is O=C(NCC1CNCCO1)c1ccc(-c2cc(C(F)(F)F)ccn2)cc1. The number of morpholine rings is 1. The van der Waals surface area contributed by atoms with Crippen LogP contribution in [0.1, 0.15) is 15.9 Å². The Morgan fingerprint density at radius 1 is 1.27 bits per heavy atom. The lowest BCUT2D eigenvalue weighted by molar-refractivity contribution is -0.137. The Morgan fingerprint density at radius 2 is 2.04 bits per heavy atom. The third-order valence-electron chi connectivity index (χ3n) is 4.02. The number of carbonyl (C=O) groups is 1. The zero-order valence-corrected chi connectivity index (χ0v) is 13.8. The van der Waals surface area contributed by atoms with E-state index in [4.69, 9.17) is 4.74 Å². The van der Waals surface area contributed by atoms with Crippen molar-refractivity contribution < 1.29 is 22.7 Å². The molecule has 1 aromatic heterocycles. The minimum atomic E-state index is -4.42. The number of ether oxygens (including phenoxy) is 1. The summed E-state index contributed by atoms with van der Waals surface area (Å²) in [5, 5.41) is 5.96. The lowest BCUT2D eigenvalue weighted by Gasteiger charge is -2.23. The van der Waals surface area contributed by atoms with E-state index in [-0.39, 0.29) is 17.7 Å². The molecule has 2 N–H and O–H groups in total. The molecule has 0 aliphatic carbocycles. The van der Waals surface area contributed by atoms with E-state index >= 15 is 0 Å². The van der Waals surface area contributed by atoms with Crippen molar-refractivity contribution >= 4 is 5.91 Å². The molecule has 1 atom stereocenters. The molecule has 0 radical (unpaired) electrons. The number of rotatable bonds is 4. The Hall–Kier alpha value is -2.45. The summed E-state index contributed by atoms with van der Waals surface area (Å²) in [5.41, 5.74) is 0.371. The van der Waals surface area contributed by atoms with E-state index in [1.165, 1.54) is 0 Å². The third kappa shape index (κ3) is 4.59. The second-order valence-electron chi connectivity index (χ2n) is 5.91. The van der Waals surface area contributed by atoms with Gasteiger partial charge >= 0.3 is 6.18 Å². The average Bonchev–Trinajstić information content (AvgIpc) is 2.66. The number of benzene rings is 1. The normalized spacial score (nSPS) is 17.7. The van der Waals surface area contributed by atoms with Gasteiger partial charge in [-0.1, -0.05) is 12.1 Å². The third-order valence-corrected chi connectivity index (χ3v) is 4.02. The van der Waals surface area contributed by atoms with Crippen LogP contribution in [0.3, 0.4) is 0 Å². The van der Waals surface area contributed by atoms with Gasteiger partial charge < -0.3 is 15.4 Å². The summed E-state index contributed by atoms with van der Waals surface area (Å²) in [6.45, 7) is 2.48. The molecule has 5 nitrogen and oxygen atoms in total. The first-order chi connectivity index (χ1) is 12.4. The molecule has 1 aromatic carbocycles. The van der Waals surface area contributed by atoms with Crippen molar-refractivity contribution in [3.05, 3.63) is 53.7 Å². The van der Waals surface area contributed by atoms with E-state index in [1.807, 2.05) is 0 Å². The lowest BCUT2D eigenvalue weighted by Crippen LogP contribution is -2.45. The van der Waals surface area contributed by atoms with Crippen molar-refractivity contribution in [1.29, 1.82) is 0 Å². The summed E-state index contributed by atoms with van der Waals surface area (Å²) in [6.07, 6.45) is -3.37. The molecule has 1 saturated heterocycles. The molecule has 1 aliphatic heterocycles. The number of nitrogens with one attached hydrogen (secondary N) is 2. The maximum absolute atomic E-state index is 12.8. The molecule has 2 aromatic rings. The van der Waals surface area contributed by atoms with E-state index < -0.39 is 11.7 Å². The molecule has 0 saturated carbocycles. The van der Waals surface area contributed by atoms with Gasteiger partial charge in [-0.05, 0) is 24.3 Å². The van der Waals surface area contributed by atoms with E-state index in [1.54, 1.807) is 24.3 Å². The molecule has 8 heteroatoms. The van der Waals surface area contributed by atoms with Crippen LogP contribution in [0, 0.1) is 0 Å². The van der Waals surface area contributed by atoms with Crippen LogP contribution in [0.2, 0.25) is 0 Å². The Morgan fingerprint density at radius 3 is 2.69 bits per heavy atom. The van der Waals surface area contributed by atoms with Crippen LogP contribution in [-0.4, -0.2) is 43.2 Å². The Balaban J connectivity index is 1.65. The second kappa shape index (κ2) is 7.84. The van der Waals surface area contributed by atoms with Gasteiger partial charge in [-0.15, -0.1) is 0 Å². The van der Waals surface area contributed by atoms with E-state index in [9.17, 15) is 18.0 Å². The van der Waals surface area contributed by atoms with Gasteiger partial charge in [-0.3, -0.25) is 9.78 Å². The van der Waals surface area contributed by atoms with Crippen LogP contribution in [-0.2, 0) is 10.9 Å². The standard InChI is InChI=1S/C18H18F3N3O2/c19-18(20,21)14-5-6-23-16(9-14)12-1-3-13(4-2-12)17(25)24-11-15-10-22-7-8-26-15/h1-6,9,15,22H,7-8,10-11H2,(H,24,25). The Labute approximate surface area is 148 Å². The maximum Gasteiger partial charge on any atom is 0.416 e. The van der Waals surface area contributed by atoms with Crippen molar-refractivity contribution in [3.8, 4) is 11.3 Å². The van der Waals surface area contributed by atoms with Gasteiger partial charge in [0.2, 0.25) is 0 Å². The van der Waals surface area contributed by atoms with Crippen LogP contribution in [0.5, 0.6) is 0 Å². The fourth-order valence-electron chi connectivity index (χ4n) is 2.62. The van der Waals surface area contributed by atoms with Crippen molar-refractivity contribution in [1.82, 2.24) is 15.6 Å². The molecule has 3 rings (SSSR count). The molecule has 1 fully saturated rings. The van der Waals surface area contributed by atoms with Gasteiger partial charge in [0.1, 0.15) is 0 Å². The van der Waals surface area contributed by atoms with E-state index in [0.717, 1.165) is 24.9 Å². The van der Waals surface area contributed by atoms with Crippen LogP contribution < -0.4 is 10.6 Å². The van der Waals surface area contributed by atoms with Gasteiger partial charge in [-0.25, -0.2) is 0 Å². The molecular weight excluding hydrogens is 347 g/mol. The number of nitrogens with zero attached hydrogens (tertiary/aromatic N) is 1. The van der Waals surface area contributed by atoms with E-state index in [0.29, 0.717) is 30.8 Å². The topological polar surface area (TPSA) is 63.2 Å². The van der Waals surface area contributed by atoms with Crippen LogP contribution >= 0.6 is 0 Å². The van der Waals surface area contributed by atoms with Crippen LogP contribution in [0.4, 0.5) is 13.2 Å². The molecule has 0 bridgehead atoms. The number of aromatic nitrogens is 1. The van der Waals surface area contributed by atoms with Gasteiger partial charge in [0.25, 0.3) is 5.91 Å². The van der Waals surface area contributed by atoms with Crippen molar-refractivity contribution in [2.45, 2.75) is 12.3 Å². The number of hydrogen-bond acceptors (Lipinski definition) is 4. The number of halogens is 3. The molecular formula is C18H18F3N3O2. The maximum atomic E-state index is 12.8. The molecule has 0 spiro atoms. The van der Waals surface area contributed by atoms with Crippen molar-refractivity contribution in [3.63, 3.8) is 0 Å². The predicted molar refractivity (Wildman–Crippen MR) is 89.6 cm³/mol. The van der Waals surface area contributed by atoms with Crippen molar-refractivity contribution in [2.75, 3.05) is 26.2 Å². The number of pyridine rings is 1. The van der Waals surface area contributed by atoms with Crippen molar-refractivity contribution in [2.24, 2.45) is 0 Å². The first-order valence-corrected chi connectivity index (χ1v) is 8.18. The fourth-order valence-corrected chi connectivity index (χ4v) is 2.62. The number of alkyl halides is 3. The monoisotopic (exact) mass is 365 g/mol. The second-order valence-corrected chi connectivity index (χ2v) is 5.91. The molecule has 2 heterocycles. The average molecular weight is 365 g/mol. The van der Waals surface area contributed by atoms with E-state index in [2.05, 4.69) is 15.6 Å². The Kier molecular flexibility index (Phi) is 5.53. The summed E-state index contributed by atoms with van der Waals surface area (Å²) in [5.74, 6) is -0.261. The highest BCUT2D eigenvalue weighted by Crippen LogP contribution is 2.31. The molecule has 26 heavy (non-hydrogen) atoms. The van der Waals surface area contributed by atoms with Gasteiger partial charge in [0.15, 0.2) is 0 Å². The highest BCUT2D eigenvalue weighted by Gasteiger charge is 2.30. The van der Waals surface area contributed by atoms with Gasteiger partial charge in [0, 0.05) is 37.0 Å². The summed E-state index contributed by atoms with van der Waals surface area (Å²) < 4.78 is 43.9. The summed E-state index contributed by atoms with van der Waals surface area (Å²) in [6, 6.07) is 8.20. The Bertz CT molecular complexity index is 757. The minimum absolute atomic E-state index is 0.0683. The minimum Gasteiger partial charge on any atom is -0.374 e. The summed E-state index contributed by atoms with van der Waals surface area (Å²) >= 11 is 0. The molecule has 138 valence electrons.